The van der Waals surface area contributed by atoms with Gasteiger partial charge in [0.1, 0.15) is 5.69 Å². The summed E-state index contributed by atoms with van der Waals surface area (Å²) in [6, 6.07) is 11.1. The quantitative estimate of drug-likeness (QED) is 0.633. The van der Waals surface area contributed by atoms with Crippen LogP contribution in [0.25, 0.3) is 5.69 Å². The average Bonchev–Trinajstić information content (AvgIpc) is 3.12. The molecule has 3 rings (SSSR count). The highest BCUT2D eigenvalue weighted by Crippen LogP contribution is 2.26. The van der Waals surface area contributed by atoms with Gasteiger partial charge in [0.2, 0.25) is 15.8 Å². The molecule has 2 heterocycles. The number of halogens is 1. The van der Waals surface area contributed by atoms with Crippen LogP contribution in [-0.4, -0.2) is 46.3 Å². The molecule has 0 atom stereocenters. The maximum atomic E-state index is 14.3. The van der Waals surface area contributed by atoms with E-state index in [-0.39, 0.29) is 33.4 Å². The van der Waals surface area contributed by atoms with Crippen LogP contribution in [0, 0.1) is 17.3 Å². The first-order valence-electron chi connectivity index (χ1n) is 8.13. The van der Waals surface area contributed by atoms with Gasteiger partial charge in [-0.15, -0.1) is 0 Å². The number of aromatic nitrogens is 3. The second-order valence-corrected chi connectivity index (χ2v) is 7.88. The van der Waals surface area contributed by atoms with Gasteiger partial charge in [-0.05, 0) is 30.3 Å². The Morgan fingerprint density at radius 2 is 2.07 bits per heavy atom. The molecule has 2 aromatic heterocycles. The van der Waals surface area contributed by atoms with Gasteiger partial charge in [0.05, 0.1) is 28.8 Å². The number of nitrogens with zero attached hydrogens (tertiary/aromatic N) is 5. The van der Waals surface area contributed by atoms with E-state index in [1.54, 1.807) is 0 Å². The summed E-state index contributed by atoms with van der Waals surface area (Å²) in [5.74, 6) is -0.948. The minimum atomic E-state index is -4.21. The predicted octanol–water partition coefficient (Wildman–Crippen LogP) is 2.22. The number of rotatable bonds is 5. The van der Waals surface area contributed by atoms with Crippen LogP contribution >= 0.6 is 0 Å². The summed E-state index contributed by atoms with van der Waals surface area (Å²) in [4.78, 5) is 15.3. The molecular formula is C18H14FN5O4S. The lowest BCUT2D eigenvalue weighted by atomic mass is 10.2. The van der Waals surface area contributed by atoms with Crippen LogP contribution in [-0.2, 0) is 16.4 Å². The van der Waals surface area contributed by atoms with Crippen molar-refractivity contribution < 1.29 is 22.7 Å². The number of hydrogen-bond acceptors (Lipinski definition) is 6. The van der Waals surface area contributed by atoms with Gasteiger partial charge in [-0.25, -0.2) is 22.9 Å². The maximum absolute atomic E-state index is 14.3. The second-order valence-electron chi connectivity index (χ2n) is 5.98. The van der Waals surface area contributed by atoms with Crippen LogP contribution in [0.1, 0.15) is 11.3 Å². The van der Waals surface area contributed by atoms with Crippen LogP contribution in [0.2, 0.25) is 0 Å². The molecule has 0 radical (unpaired) electrons. The van der Waals surface area contributed by atoms with Crippen molar-refractivity contribution in [2.45, 2.75) is 16.5 Å². The fraction of sp³-hybridized carbons (Fsp3) is 0.111. The molecule has 0 aliphatic rings. The number of sulfone groups is 1. The van der Waals surface area contributed by atoms with Crippen molar-refractivity contribution in [2.75, 3.05) is 7.05 Å². The topological polar surface area (TPSA) is 129 Å². The van der Waals surface area contributed by atoms with Crippen LogP contribution in [0.3, 0.4) is 0 Å². The van der Waals surface area contributed by atoms with E-state index in [1.807, 2.05) is 6.07 Å². The fourth-order valence-electron chi connectivity index (χ4n) is 2.55. The first-order chi connectivity index (χ1) is 13.7. The van der Waals surface area contributed by atoms with Crippen molar-refractivity contribution in [2.24, 2.45) is 0 Å². The molecule has 0 bridgehead atoms. The minimum absolute atomic E-state index is 0.0909. The standard InChI is InChI=1S/C18H14FN5O4S/c1-23(18(25)26)11-13-9-16(24(22-13)15-6-3-7-21-17(15)19)29(27,28)14-5-2-4-12(8-14)10-20/h2-9H,11H2,1H3,(H,25,26). The summed E-state index contributed by atoms with van der Waals surface area (Å²) >= 11 is 0. The van der Waals surface area contributed by atoms with Crippen molar-refractivity contribution in [3.63, 3.8) is 0 Å². The van der Waals surface area contributed by atoms with Gasteiger partial charge in [-0.1, -0.05) is 6.07 Å². The number of amides is 1. The molecule has 11 heteroatoms. The Balaban J connectivity index is 2.20. The largest absolute Gasteiger partial charge is 0.465 e. The third-order valence-electron chi connectivity index (χ3n) is 3.97. The third kappa shape index (κ3) is 3.92. The number of hydrogen-bond donors (Lipinski definition) is 1. The van der Waals surface area contributed by atoms with Crippen molar-refractivity contribution >= 4 is 15.9 Å². The summed E-state index contributed by atoms with van der Waals surface area (Å²) in [6.07, 6.45) is -0.0373. The number of carbonyl (C=O) groups is 1. The molecule has 9 nitrogen and oxygen atoms in total. The zero-order valence-corrected chi connectivity index (χ0v) is 15.8. The van der Waals surface area contributed by atoms with E-state index in [4.69, 9.17) is 10.4 Å². The Morgan fingerprint density at radius 3 is 2.72 bits per heavy atom. The number of benzene rings is 1. The highest BCUT2D eigenvalue weighted by molar-refractivity contribution is 7.91. The zero-order valence-electron chi connectivity index (χ0n) is 15.0. The van der Waals surface area contributed by atoms with Crippen molar-refractivity contribution in [3.8, 4) is 11.8 Å². The SMILES string of the molecule is CN(Cc1cc(S(=O)(=O)c2cccc(C#N)c2)n(-c2cccnc2F)n1)C(=O)O. The Bertz CT molecular complexity index is 1230. The Labute approximate surface area is 165 Å². The highest BCUT2D eigenvalue weighted by atomic mass is 32.2. The van der Waals surface area contributed by atoms with Gasteiger partial charge in [0, 0.05) is 19.3 Å². The molecule has 1 amide bonds. The van der Waals surface area contributed by atoms with Gasteiger partial charge in [-0.3, -0.25) is 0 Å². The van der Waals surface area contributed by atoms with Crippen molar-refractivity contribution in [1.29, 1.82) is 5.26 Å². The third-order valence-corrected chi connectivity index (χ3v) is 5.69. The first kappa shape index (κ1) is 20.0. The van der Waals surface area contributed by atoms with Gasteiger partial charge < -0.3 is 10.0 Å². The number of nitriles is 1. The predicted molar refractivity (Wildman–Crippen MR) is 97.4 cm³/mol. The van der Waals surface area contributed by atoms with E-state index in [9.17, 15) is 17.6 Å². The Hall–Kier alpha value is -3.78. The molecule has 0 fully saturated rings. The molecule has 0 unspecified atom stereocenters. The van der Waals surface area contributed by atoms with Crippen molar-refractivity contribution in [3.05, 3.63) is 65.9 Å². The zero-order chi connectivity index (χ0) is 21.2. The number of pyridine rings is 1. The first-order valence-corrected chi connectivity index (χ1v) is 9.61. The smallest absolute Gasteiger partial charge is 0.407 e. The van der Waals surface area contributed by atoms with Crippen LogP contribution in [0.4, 0.5) is 9.18 Å². The molecule has 1 N–H and O–H groups in total. The molecular weight excluding hydrogens is 401 g/mol. The van der Waals surface area contributed by atoms with E-state index in [2.05, 4.69) is 10.1 Å². The lowest BCUT2D eigenvalue weighted by Gasteiger charge is -2.10. The highest BCUT2D eigenvalue weighted by Gasteiger charge is 2.27. The lowest BCUT2D eigenvalue weighted by molar-refractivity contribution is 0.153. The maximum Gasteiger partial charge on any atom is 0.407 e. The summed E-state index contributed by atoms with van der Waals surface area (Å²) in [5, 5.41) is 21.8. The molecule has 148 valence electrons. The summed E-state index contributed by atoms with van der Waals surface area (Å²) in [5.41, 5.74) is 0.00967. The monoisotopic (exact) mass is 415 g/mol. The van der Waals surface area contributed by atoms with Crippen molar-refractivity contribution in [1.82, 2.24) is 19.7 Å². The van der Waals surface area contributed by atoms with Crippen LogP contribution in [0.5, 0.6) is 0 Å². The lowest BCUT2D eigenvalue weighted by Crippen LogP contribution is -2.24. The number of carboxylic acid groups (broad SMARTS) is 1. The molecule has 0 aliphatic heterocycles. The average molecular weight is 415 g/mol. The van der Waals surface area contributed by atoms with Gasteiger partial charge >= 0.3 is 6.09 Å². The Kier molecular flexibility index (Phi) is 5.29. The van der Waals surface area contributed by atoms with Gasteiger partial charge in [0.15, 0.2) is 5.03 Å². The molecule has 29 heavy (non-hydrogen) atoms. The molecule has 3 aromatic rings. The minimum Gasteiger partial charge on any atom is -0.465 e. The van der Waals surface area contributed by atoms with Crippen LogP contribution < -0.4 is 0 Å². The normalized spacial score (nSPS) is 11.1. The molecule has 0 aliphatic carbocycles. The molecule has 1 aromatic carbocycles. The summed E-state index contributed by atoms with van der Waals surface area (Å²) in [6.45, 7) is -0.217. The molecule has 0 spiro atoms. The van der Waals surface area contributed by atoms with E-state index < -0.39 is 21.9 Å². The second kappa shape index (κ2) is 7.69. The van der Waals surface area contributed by atoms with E-state index in [0.717, 1.165) is 9.58 Å². The van der Waals surface area contributed by atoms with E-state index in [1.165, 1.54) is 55.7 Å². The van der Waals surface area contributed by atoms with Gasteiger partial charge in [-0.2, -0.15) is 14.8 Å². The van der Waals surface area contributed by atoms with E-state index >= 15 is 0 Å². The molecule has 0 saturated heterocycles. The summed E-state index contributed by atoms with van der Waals surface area (Å²) in [7, 11) is -2.93. The van der Waals surface area contributed by atoms with Crippen LogP contribution in [0.15, 0.2) is 58.6 Å². The summed E-state index contributed by atoms with van der Waals surface area (Å²) < 4.78 is 41.5. The fourth-order valence-corrected chi connectivity index (χ4v) is 3.99. The molecule has 0 saturated carbocycles. The Morgan fingerprint density at radius 1 is 1.31 bits per heavy atom. The van der Waals surface area contributed by atoms with E-state index in [0.29, 0.717) is 0 Å². The van der Waals surface area contributed by atoms with Gasteiger partial charge in [0.25, 0.3) is 0 Å².